The summed E-state index contributed by atoms with van der Waals surface area (Å²) in [5, 5.41) is 20.9. The summed E-state index contributed by atoms with van der Waals surface area (Å²) in [6.07, 6.45) is 8.48. The van der Waals surface area contributed by atoms with Gasteiger partial charge in [-0.1, -0.05) is 58.1 Å². The molecule has 6 heteroatoms. The normalized spacial score (nSPS) is 22.2. The number of hydrogen-bond donors (Lipinski definition) is 2. The van der Waals surface area contributed by atoms with Crippen LogP contribution in [-0.2, 0) is 20.7 Å². The quantitative estimate of drug-likeness (QED) is 0.392. The molecule has 1 aliphatic rings. The number of unbranched alkanes of at least 4 members (excludes halogenated alkanes) is 4. The van der Waals surface area contributed by atoms with E-state index in [0.717, 1.165) is 50.5 Å². The van der Waals surface area contributed by atoms with Crippen LogP contribution in [-0.4, -0.2) is 41.0 Å². The smallest absolute Gasteiger partial charge is 0.342 e. The Morgan fingerprint density at radius 2 is 1.97 bits per heavy atom. The molecule has 1 heterocycles. The number of phenols is 1. The molecule has 180 valence electrons. The summed E-state index contributed by atoms with van der Waals surface area (Å²) in [7, 11) is 0. The van der Waals surface area contributed by atoms with Gasteiger partial charge in [-0.05, 0) is 43.2 Å². The zero-order valence-corrected chi connectivity index (χ0v) is 19.7. The van der Waals surface area contributed by atoms with E-state index in [2.05, 4.69) is 6.92 Å². The van der Waals surface area contributed by atoms with Crippen molar-refractivity contribution in [1.29, 1.82) is 0 Å². The number of hydrogen-bond acceptors (Lipinski definition) is 6. The Kier molecular flexibility index (Phi) is 11.6. The number of esters is 2. The van der Waals surface area contributed by atoms with Gasteiger partial charge in [-0.2, -0.15) is 0 Å². The van der Waals surface area contributed by atoms with Gasteiger partial charge < -0.3 is 19.7 Å². The van der Waals surface area contributed by atoms with Gasteiger partial charge in [0.2, 0.25) is 0 Å². The van der Waals surface area contributed by atoms with Crippen LogP contribution >= 0.6 is 0 Å². The lowest BCUT2D eigenvalue weighted by Gasteiger charge is -2.26. The molecule has 0 amide bonds. The van der Waals surface area contributed by atoms with Crippen LogP contribution in [0.15, 0.2) is 18.2 Å². The predicted molar refractivity (Wildman–Crippen MR) is 124 cm³/mol. The Hall–Kier alpha value is -2.08. The Morgan fingerprint density at radius 3 is 2.75 bits per heavy atom. The van der Waals surface area contributed by atoms with E-state index in [0.29, 0.717) is 19.3 Å². The molecule has 0 spiro atoms. The summed E-state index contributed by atoms with van der Waals surface area (Å²) in [5.74, 6) is -0.833. The van der Waals surface area contributed by atoms with E-state index < -0.39 is 18.2 Å². The molecular weight excluding hydrogens is 408 g/mol. The van der Waals surface area contributed by atoms with Gasteiger partial charge in [-0.25, -0.2) is 4.79 Å². The van der Waals surface area contributed by atoms with E-state index >= 15 is 0 Å². The maximum Gasteiger partial charge on any atom is 0.342 e. The number of phenolic OH excluding ortho intramolecular Hbond substituents is 1. The van der Waals surface area contributed by atoms with E-state index in [1.807, 2.05) is 13.0 Å². The van der Waals surface area contributed by atoms with Crippen molar-refractivity contribution >= 4 is 11.9 Å². The maximum absolute atomic E-state index is 12.9. The number of ether oxygens (including phenoxy) is 2. The third-order valence-electron chi connectivity index (χ3n) is 6.31. The second-order valence-electron chi connectivity index (χ2n) is 9.04. The van der Waals surface area contributed by atoms with Crippen LogP contribution < -0.4 is 0 Å². The zero-order chi connectivity index (χ0) is 23.3. The van der Waals surface area contributed by atoms with E-state index in [1.165, 1.54) is 12.5 Å². The first kappa shape index (κ1) is 26.2. The van der Waals surface area contributed by atoms with E-state index in [4.69, 9.17) is 9.47 Å². The molecule has 0 fully saturated rings. The number of rotatable bonds is 9. The minimum absolute atomic E-state index is 0.0879. The molecule has 0 saturated carbocycles. The molecule has 6 nitrogen and oxygen atoms in total. The van der Waals surface area contributed by atoms with Crippen LogP contribution in [0, 0.1) is 5.92 Å². The number of cyclic esters (lactones) is 1. The fourth-order valence-electron chi connectivity index (χ4n) is 4.19. The van der Waals surface area contributed by atoms with Crippen LogP contribution in [0.3, 0.4) is 0 Å². The number of aryl methyl sites for hydroxylation is 1. The van der Waals surface area contributed by atoms with Crippen LogP contribution in [0.2, 0.25) is 0 Å². The van der Waals surface area contributed by atoms with Gasteiger partial charge in [0.1, 0.15) is 17.4 Å². The highest BCUT2D eigenvalue weighted by atomic mass is 16.6. The third-order valence-corrected chi connectivity index (χ3v) is 6.31. The summed E-state index contributed by atoms with van der Waals surface area (Å²) in [6, 6.07) is 5.07. The molecule has 2 rings (SSSR count). The highest BCUT2D eigenvalue weighted by Crippen LogP contribution is 2.27. The molecule has 3 unspecified atom stereocenters. The molecule has 0 radical (unpaired) electrons. The molecule has 1 aromatic rings. The average molecular weight is 449 g/mol. The summed E-state index contributed by atoms with van der Waals surface area (Å²) < 4.78 is 11.1. The number of benzene rings is 1. The topological polar surface area (TPSA) is 93.1 Å². The van der Waals surface area contributed by atoms with Crippen molar-refractivity contribution in [3.05, 3.63) is 29.3 Å². The summed E-state index contributed by atoms with van der Waals surface area (Å²) >= 11 is 0. The maximum atomic E-state index is 12.9. The molecule has 3 atom stereocenters. The lowest BCUT2D eigenvalue weighted by molar-refractivity contribution is -0.144. The minimum atomic E-state index is -0.606. The Bertz CT molecular complexity index is 716. The molecular formula is C26H40O6. The van der Waals surface area contributed by atoms with Gasteiger partial charge in [0, 0.05) is 19.3 Å². The Labute approximate surface area is 192 Å². The Morgan fingerprint density at radius 1 is 1.19 bits per heavy atom. The van der Waals surface area contributed by atoms with Crippen molar-refractivity contribution in [1.82, 2.24) is 0 Å². The SMILES string of the molecule is CCCCCCCC(=O)OCCC1CC(O)C(C)CCCCc2cccc(O)c2C(=O)O1. The first-order valence-corrected chi connectivity index (χ1v) is 12.3. The summed E-state index contributed by atoms with van der Waals surface area (Å²) in [5.41, 5.74) is 0.974. The average Bonchev–Trinajstić information content (AvgIpc) is 2.75. The lowest BCUT2D eigenvalue weighted by atomic mass is 9.91. The van der Waals surface area contributed by atoms with E-state index in [1.54, 1.807) is 6.07 Å². The van der Waals surface area contributed by atoms with Crippen molar-refractivity contribution in [3.63, 3.8) is 0 Å². The molecule has 0 aromatic heterocycles. The highest BCUT2D eigenvalue weighted by Gasteiger charge is 2.26. The van der Waals surface area contributed by atoms with E-state index in [9.17, 15) is 19.8 Å². The Balaban J connectivity index is 1.97. The molecule has 0 saturated heterocycles. The third kappa shape index (κ3) is 8.81. The van der Waals surface area contributed by atoms with Crippen molar-refractivity contribution in [2.75, 3.05) is 6.61 Å². The number of fused-ring (bicyclic) bond motifs is 1. The number of aliphatic hydroxyl groups is 1. The summed E-state index contributed by atoms with van der Waals surface area (Å²) in [6.45, 7) is 4.30. The van der Waals surface area contributed by atoms with Gasteiger partial charge in [0.25, 0.3) is 0 Å². The van der Waals surface area contributed by atoms with E-state index in [-0.39, 0.29) is 36.2 Å². The molecule has 2 N–H and O–H groups in total. The van der Waals surface area contributed by atoms with Crippen LogP contribution in [0.1, 0.15) is 100 Å². The van der Waals surface area contributed by atoms with Gasteiger partial charge >= 0.3 is 11.9 Å². The molecule has 1 aliphatic heterocycles. The minimum Gasteiger partial charge on any atom is -0.507 e. The predicted octanol–water partition coefficient (Wildman–Crippen LogP) is 5.32. The van der Waals surface area contributed by atoms with Crippen LogP contribution in [0.4, 0.5) is 0 Å². The standard InChI is InChI=1S/C26H40O6/c1-3-4-5-6-7-15-24(29)31-17-16-21-18-23(28)19(2)11-8-9-12-20-13-10-14-22(27)25(20)26(30)32-21/h10,13-14,19,21,23,27-28H,3-9,11-12,15-18H2,1-2H3. The van der Waals surface area contributed by atoms with Gasteiger partial charge in [0.05, 0.1) is 12.7 Å². The lowest BCUT2D eigenvalue weighted by Crippen LogP contribution is -2.30. The molecule has 32 heavy (non-hydrogen) atoms. The van der Waals surface area contributed by atoms with Gasteiger partial charge in [0.15, 0.2) is 0 Å². The highest BCUT2D eigenvalue weighted by molar-refractivity contribution is 5.94. The zero-order valence-electron chi connectivity index (χ0n) is 19.7. The number of carbonyl (C=O) groups excluding carboxylic acids is 2. The fraction of sp³-hybridized carbons (Fsp3) is 0.692. The van der Waals surface area contributed by atoms with Crippen LogP contribution in [0.25, 0.3) is 0 Å². The van der Waals surface area contributed by atoms with Crippen molar-refractivity contribution in [2.45, 2.75) is 103 Å². The summed E-state index contributed by atoms with van der Waals surface area (Å²) in [4.78, 5) is 24.9. The number of aliphatic hydroxyl groups excluding tert-OH is 1. The second kappa shape index (κ2) is 14.1. The largest absolute Gasteiger partial charge is 0.507 e. The van der Waals surface area contributed by atoms with Crippen molar-refractivity contribution in [2.24, 2.45) is 5.92 Å². The molecule has 0 bridgehead atoms. The van der Waals surface area contributed by atoms with Gasteiger partial charge in [-0.15, -0.1) is 0 Å². The van der Waals surface area contributed by atoms with Crippen molar-refractivity contribution in [3.8, 4) is 5.75 Å². The molecule has 0 aliphatic carbocycles. The number of carbonyl (C=O) groups is 2. The van der Waals surface area contributed by atoms with Crippen molar-refractivity contribution < 1.29 is 29.3 Å². The van der Waals surface area contributed by atoms with Crippen LogP contribution in [0.5, 0.6) is 5.75 Å². The fourth-order valence-corrected chi connectivity index (χ4v) is 4.19. The second-order valence-corrected chi connectivity index (χ2v) is 9.04. The first-order valence-electron chi connectivity index (χ1n) is 12.3. The van der Waals surface area contributed by atoms with Gasteiger partial charge in [-0.3, -0.25) is 4.79 Å². The molecule has 1 aromatic carbocycles. The first-order chi connectivity index (χ1) is 15.4. The number of aromatic hydroxyl groups is 1. The monoisotopic (exact) mass is 448 g/mol.